The third-order valence-electron chi connectivity index (χ3n) is 4.99. The molecule has 3 heterocycles. The maximum atomic E-state index is 12.4. The second-order valence-electron chi connectivity index (χ2n) is 6.46. The van der Waals surface area contributed by atoms with Crippen molar-refractivity contribution in [3.05, 3.63) is 0 Å². The smallest absolute Gasteiger partial charge is 0.242 e. The zero-order valence-corrected chi connectivity index (χ0v) is 12.1. The summed E-state index contributed by atoms with van der Waals surface area (Å²) in [4.78, 5) is 28.2. The molecule has 0 aromatic carbocycles. The van der Waals surface area contributed by atoms with E-state index in [1.807, 2.05) is 4.90 Å². The van der Waals surface area contributed by atoms with Crippen LogP contribution in [-0.2, 0) is 9.59 Å². The van der Waals surface area contributed by atoms with Gasteiger partial charge in [0, 0.05) is 39.1 Å². The highest BCUT2D eigenvalue weighted by atomic mass is 16.2. The van der Waals surface area contributed by atoms with Crippen LogP contribution in [0.15, 0.2) is 0 Å². The predicted molar refractivity (Wildman–Crippen MR) is 76.1 cm³/mol. The molecule has 0 aromatic heterocycles. The Labute approximate surface area is 120 Å². The van der Waals surface area contributed by atoms with Crippen molar-refractivity contribution in [2.24, 2.45) is 11.8 Å². The number of carbonyl (C=O) groups is 2. The number of nitrogens with zero attached hydrogens (tertiary/aromatic N) is 2. The molecule has 0 radical (unpaired) electrons. The van der Waals surface area contributed by atoms with Gasteiger partial charge in [0.15, 0.2) is 0 Å². The van der Waals surface area contributed by atoms with E-state index in [4.69, 9.17) is 0 Å². The maximum Gasteiger partial charge on any atom is 0.242 e. The minimum Gasteiger partial charge on any atom is -0.340 e. The van der Waals surface area contributed by atoms with Crippen molar-refractivity contribution in [3.8, 4) is 0 Å². The van der Waals surface area contributed by atoms with E-state index in [0.29, 0.717) is 24.8 Å². The third kappa shape index (κ3) is 2.97. The van der Waals surface area contributed by atoms with Crippen molar-refractivity contribution in [1.29, 1.82) is 0 Å². The summed E-state index contributed by atoms with van der Waals surface area (Å²) in [6, 6.07) is 0. The summed E-state index contributed by atoms with van der Waals surface area (Å²) in [5.41, 5.74) is 0. The Morgan fingerprint density at radius 2 is 1.80 bits per heavy atom. The fraction of sp³-hybridized carbons (Fsp3) is 0.867. The molecule has 3 aliphatic heterocycles. The van der Waals surface area contributed by atoms with Gasteiger partial charge in [-0.15, -0.1) is 0 Å². The van der Waals surface area contributed by atoms with Crippen LogP contribution >= 0.6 is 0 Å². The minimum atomic E-state index is 0.147. The second-order valence-corrected chi connectivity index (χ2v) is 6.46. The summed E-state index contributed by atoms with van der Waals surface area (Å²) in [5, 5.41) is 3.38. The SMILES string of the molecule is O=C1CCCCCCN1CC(=O)N1C[C@H]2CNC[C@H]2C1. The lowest BCUT2D eigenvalue weighted by atomic mass is 10.0. The number of amides is 2. The van der Waals surface area contributed by atoms with Gasteiger partial charge in [-0.05, 0) is 24.7 Å². The third-order valence-corrected chi connectivity index (χ3v) is 4.99. The van der Waals surface area contributed by atoms with E-state index in [0.717, 1.165) is 52.0 Å². The summed E-state index contributed by atoms with van der Waals surface area (Å²) in [7, 11) is 0. The summed E-state index contributed by atoms with van der Waals surface area (Å²) in [5.74, 6) is 1.57. The molecule has 3 aliphatic rings. The van der Waals surface area contributed by atoms with Crippen molar-refractivity contribution < 1.29 is 9.59 Å². The topological polar surface area (TPSA) is 52.7 Å². The van der Waals surface area contributed by atoms with Gasteiger partial charge in [0.2, 0.25) is 11.8 Å². The van der Waals surface area contributed by atoms with E-state index in [9.17, 15) is 9.59 Å². The number of likely N-dealkylation sites (tertiary alicyclic amines) is 2. The Bertz CT molecular complexity index is 373. The zero-order valence-electron chi connectivity index (χ0n) is 12.1. The van der Waals surface area contributed by atoms with Crippen LogP contribution < -0.4 is 5.32 Å². The van der Waals surface area contributed by atoms with Crippen LogP contribution in [0.1, 0.15) is 32.1 Å². The molecule has 2 amide bonds. The molecule has 0 saturated carbocycles. The summed E-state index contributed by atoms with van der Waals surface area (Å²) in [6.45, 7) is 4.88. The molecule has 112 valence electrons. The van der Waals surface area contributed by atoms with E-state index in [1.54, 1.807) is 4.90 Å². The molecule has 2 atom stereocenters. The van der Waals surface area contributed by atoms with Gasteiger partial charge in [0.1, 0.15) is 0 Å². The molecule has 0 bridgehead atoms. The zero-order chi connectivity index (χ0) is 13.9. The van der Waals surface area contributed by atoms with Crippen molar-refractivity contribution in [1.82, 2.24) is 15.1 Å². The minimum absolute atomic E-state index is 0.147. The van der Waals surface area contributed by atoms with Crippen molar-refractivity contribution in [2.45, 2.75) is 32.1 Å². The fourth-order valence-corrected chi connectivity index (χ4v) is 3.70. The molecule has 0 aromatic rings. The van der Waals surface area contributed by atoms with E-state index >= 15 is 0 Å². The molecule has 3 rings (SSSR count). The Hall–Kier alpha value is -1.10. The lowest BCUT2D eigenvalue weighted by molar-refractivity contribution is -0.140. The molecule has 3 fully saturated rings. The fourth-order valence-electron chi connectivity index (χ4n) is 3.70. The van der Waals surface area contributed by atoms with E-state index in [-0.39, 0.29) is 11.8 Å². The molecule has 1 N–H and O–H groups in total. The molecule has 3 saturated heterocycles. The number of hydrogen-bond donors (Lipinski definition) is 1. The number of carbonyl (C=O) groups excluding carboxylic acids is 2. The number of nitrogens with one attached hydrogen (secondary N) is 1. The van der Waals surface area contributed by atoms with Crippen molar-refractivity contribution in [3.63, 3.8) is 0 Å². The van der Waals surface area contributed by atoms with Crippen LogP contribution in [0.3, 0.4) is 0 Å². The Balaban J connectivity index is 1.53. The molecule has 5 heteroatoms. The van der Waals surface area contributed by atoms with Crippen molar-refractivity contribution in [2.75, 3.05) is 39.3 Å². The number of rotatable bonds is 2. The largest absolute Gasteiger partial charge is 0.340 e. The van der Waals surface area contributed by atoms with Gasteiger partial charge in [-0.2, -0.15) is 0 Å². The van der Waals surface area contributed by atoms with Gasteiger partial charge in [-0.1, -0.05) is 12.8 Å². The molecule has 0 spiro atoms. The quantitative estimate of drug-likeness (QED) is 0.799. The predicted octanol–water partition coefficient (Wildman–Crippen LogP) is 0.457. The average Bonchev–Trinajstić information content (AvgIpc) is 2.99. The van der Waals surface area contributed by atoms with Crippen LogP contribution in [0.2, 0.25) is 0 Å². The molecular weight excluding hydrogens is 254 g/mol. The maximum absolute atomic E-state index is 12.4. The molecular formula is C15H25N3O2. The highest BCUT2D eigenvalue weighted by Gasteiger charge is 2.38. The first kappa shape index (κ1) is 13.9. The van der Waals surface area contributed by atoms with Gasteiger partial charge >= 0.3 is 0 Å². The molecule has 0 unspecified atom stereocenters. The summed E-state index contributed by atoms with van der Waals surface area (Å²) in [6.07, 6.45) is 4.95. The first-order valence-electron chi connectivity index (χ1n) is 8.00. The first-order chi connectivity index (χ1) is 9.74. The van der Waals surface area contributed by atoms with Gasteiger partial charge in [-0.3, -0.25) is 9.59 Å². The normalized spacial score (nSPS) is 31.1. The van der Waals surface area contributed by atoms with E-state index < -0.39 is 0 Å². The second kappa shape index (κ2) is 6.12. The summed E-state index contributed by atoms with van der Waals surface area (Å²) >= 11 is 0. The van der Waals surface area contributed by atoms with Gasteiger partial charge in [0.05, 0.1) is 6.54 Å². The average molecular weight is 279 g/mol. The van der Waals surface area contributed by atoms with E-state index in [2.05, 4.69) is 5.32 Å². The van der Waals surface area contributed by atoms with Crippen LogP contribution in [-0.4, -0.2) is 60.9 Å². The highest BCUT2D eigenvalue weighted by molar-refractivity contribution is 5.85. The Kier molecular flexibility index (Phi) is 4.24. The van der Waals surface area contributed by atoms with Gasteiger partial charge < -0.3 is 15.1 Å². The Morgan fingerprint density at radius 3 is 2.55 bits per heavy atom. The highest BCUT2D eigenvalue weighted by Crippen LogP contribution is 2.26. The molecule has 20 heavy (non-hydrogen) atoms. The molecule has 5 nitrogen and oxygen atoms in total. The first-order valence-corrected chi connectivity index (χ1v) is 8.00. The summed E-state index contributed by atoms with van der Waals surface area (Å²) < 4.78 is 0. The van der Waals surface area contributed by atoms with Gasteiger partial charge in [-0.25, -0.2) is 0 Å². The van der Waals surface area contributed by atoms with Crippen LogP contribution in [0, 0.1) is 11.8 Å². The van der Waals surface area contributed by atoms with Crippen LogP contribution in [0.5, 0.6) is 0 Å². The van der Waals surface area contributed by atoms with E-state index in [1.165, 1.54) is 6.42 Å². The number of fused-ring (bicyclic) bond motifs is 1. The standard InChI is InChI=1S/C15H25N3O2/c19-14-5-3-1-2-4-6-17(14)11-15(20)18-9-12-7-16-8-13(12)10-18/h12-13,16H,1-11H2/t12-,13+. The van der Waals surface area contributed by atoms with Crippen molar-refractivity contribution >= 4 is 11.8 Å². The lowest BCUT2D eigenvalue weighted by Gasteiger charge is -2.27. The van der Waals surface area contributed by atoms with Crippen LogP contribution in [0.25, 0.3) is 0 Å². The monoisotopic (exact) mass is 279 g/mol. The molecule has 0 aliphatic carbocycles. The van der Waals surface area contributed by atoms with Gasteiger partial charge in [0.25, 0.3) is 0 Å². The number of hydrogen-bond acceptors (Lipinski definition) is 3. The Morgan fingerprint density at radius 1 is 1.10 bits per heavy atom. The van der Waals surface area contributed by atoms with Crippen LogP contribution in [0.4, 0.5) is 0 Å². The lowest BCUT2D eigenvalue weighted by Crippen LogP contribution is -2.43.